The third-order valence-corrected chi connectivity index (χ3v) is 5.18. The maximum atomic E-state index is 12.7. The van der Waals surface area contributed by atoms with Crippen molar-refractivity contribution >= 4 is 40.2 Å². The largest absolute Gasteiger partial charge is 0.493 e. The van der Waals surface area contributed by atoms with Crippen molar-refractivity contribution in [3.63, 3.8) is 0 Å². The highest BCUT2D eigenvalue weighted by Gasteiger charge is 2.24. The number of rotatable bonds is 10. The molecule has 1 aromatic carbocycles. The van der Waals surface area contributed by atoms with E-state index in [0.29, 0.717) is 23.2 Å². The molecule has 0 unspecified atom stereocenters. The van der Waals surface area contributed by atoms with E-state index in [-0.39, 0.29) is 35.3 Å². The minimum atomic E-state index is -0.637. The average Bonchev–Trinajstić information content (AvgIpc) is 3.20. The summed E-state index contributed by atoms with van der Waals surface area (Å²) in [6.45, 7) is 4.51. The molecule has 2 N–H and O–H groups in total. The van der Waals surface area contributed by atoms with Crippen molar-refractivity contribution in [2.24, 2.45) is 0 Å². The van der Waals surface area contributed by atoms with E-state index in [4.69, 9.17) is 9.47 Å². The predicted octanol–water partition coefficient (Wildman–Crippen LogP) is 2.72. The Bertz CT molecular complexity index is 1180. The van der Waals surface area contributed by atoms with Crippen molar-refractivity contribution in [3.8, 4) is 11.5 Å². The summed E-state index contributed by atoms with van der Waals surface area (Å²) >= 11 is 1.41. The van der Waals surface area contributed by atoms with Crippen LogP contribution in [0.25, 0.3) is 11.0 Å². The molecule has 1 amide bonds. The summed E-state index contributed by atoms with van der Waals surface area (Å²) < 4.78 is 11.9. The van der Waals surface area contributed by atoms with Crippen molar-refractivity contribution in [2.75, 3.05) is 32.3 Å². The van der Waals surface area contributed by atoms with Crippen LogP contribution in [0.1, 0.15) is 24.2 Å². The van der Waals surface area contributed by atoms with Gasteiger partial charge in [-0.05, 0) is 20.1 Å². The quantitative estimate of drug-likeness (QED) is 0.194. The highest BCUT2D eigenvalue weighted by Crippen LogP contribution is 2.34. The molecule has 33 heavy (non-hydrogen) atoms. The van der Waals surface area contributed by atoms with Crippen LogP contribution in [0.5, 0.6) is 11.5 Å². The number of amides is 1. The monoisotopic (exact) mass is 475 g/mol. The Morgan fingerprint density at radius 1 is 1.24 bits per heavy atom. The van der Waals surface area contributed by atoms with E-state index in [1.807, 2.05) is 20.1 Å². The molecule has 0 fully saturated rings. The minimum Gasteiger partial charge on any atom is -0.493 e. The van der Waals surface area contributed by atoms with E-state index in [1.165, 1.54) is 38.1 Å². The lowest BCUT2D eigenvalue weighted by molar-refractivity contribution is -0.385. The number of nitro groups is 1. The van der Waals surface area contributed by atoms with Gasteiger partial charge in [0, 0.05) is 18.7 Å². The average molecular weight is 476 g/mol. The first-order valence-corrected chi connectivity index (χ1v) is 11.2. The van der Waals surface area contributed by atoms with Crippen molar-refractivity contribution < 1.29 is 19.2 Å². The second-order valence-electron chi connectivity index (χ2n) is 7.20. The van der Waals surface area contributed by atoms with Crippen molar-refractivity contribution in [2.45, 2.75) is 31.6 Å². The minimum absolute atomic E-state index is 0.126. The van der Waals surface area contributed by atoms with E-state index < -0.39 is 10.8 Å². The van der Waals surface area contributed by atoms with Crippen molar-refractivity contribution in [1.82, 2.24) is 25.1 Å². The number of nitrogens with zero attached hydrogens (tertiary/aromatic N) is 5. The lowest BCUT2D eigenvalue weighted by atomic mass is 10.1. The van der Waals surface area contributed by atoms with Gasteiger partial charge in [-0.2, -0.15) is 5.10 Å². The Morgan fingerprint density at radius 3 is 2.55 bits per heavy atom. The molecule has 0 radical (unpaired) electrons. The summed E-state index contributed by atoms with van der Waals surface area (Å²) in [5.74, 6) is 0.466. The third-order valence-electron chi connectivity index (χ3n) is 4.64. The molecule has 0 spiro atoms. The number of fused-ring (bicyclic) bond motifs is 1. The fourth-order valence-corrected chi connectivity index (χ4v) is 3.51. The molecule has 0 aliphatic carbocycles. The van der Waals surface area contributed by atoms with E-state index in [9.17, 15) is 14.9 Å². The fourth-order valence-electron chi connectivity index (χ4n) is 3.15. The SMILES string of the molecule is COc1cc(C(=O)NCCn2ncc3c(NC(C)C)nc(SC)nc32)c([N+](=O)[O-])cc1OC. The zero-order valence-corrected chi connectivity index (χ0v) is 19.7. The normalized spacial score (nSPS) is 11.0. The molecule has 0 aliphatic rings. The van der Waals surface area contributed by atoms with Crippen molar-refractivity contribution in [3.05, 3.63) is 34.0 Å². The summed E-state index contributed by atoms with van der Waals surface area (Å²) in [6, 6.07) is 2.63. The van der Waals surface area contributed by atoms with Crippen LogP contribution < -0.4 is 20.1 Å². The molecule has 0 saturated carbocycles. The number of carbonyl (C=O) groups excluding carboxylic acids is 1. The van der Waals surface area contributed by atoms with E-state index in [1.54, 1.807) is 10.9 Å². The van der Waals surface area contributed by atoms with Gasteiger partial charge in [0.2, 0.25) is 0 Å². The van der Waals surface area contributed by atoms with Gasteiger partial charge in [-0.3, -0.25) is 14.9 Å². The number of hydrogen-bond acceptors (Lipinski definition) is 10. The number of hydrogen-bond donors (Lipinski definition) is 2. The molecule has 0 aliphatic heterocycles. The lowest BCUT2D eigenvalue weighted by Crippen LogP contribution is -2.28. The zero-order valence-electron chi connectivity index (χ0n) is 18.9. The maximum Gasteiger partial charge on any atom is 0.286 e. The molecule has 3 rings (SSSR count). The van der Waals surface area contributed by atoms with Gasteiger partial charge in [0.1, 0.15) is 11.4 Å². The smallest absolute Gasteiger partial charge is 0.286 e. The molecular formula is C20H25N7O5S. The fraction of sp³-hybridized carbons (Fsp3) is 0.400. The first kappa shape index (κ1) is 24.0. The molecule has 12 nitrogen and oxygen atoms in total. The van der Waals surface area contributed by atoms with Crippen LogP contribution in [0.2, 0.25) is 0 Å². The summed E-state index contributed by atoms with van der Waals surface area (Å²) in [5.41, 5.74) is 0.124. The Kier molecular flexibility index (Phi) is 7.53. The number of methoxy groups -OCH3 is 2. The zero-order chi connectivity index (χ0) is 24.1. The van der Waals surface area contributed by atoms with Gasteiger partial charge in [-0.25, -0.2) is 14.6 Å². The number of carbonyl (C=O) groups is 1. The summed E-state index contributed by atoms with van der Waals surface area (Å²) in [6.07, 6.45) is 3.56. The molecule has 2 aromatic heterocycles. The molecule has 0 atom stereocenters. The molecule has 0 saturated heterocycles. The van der Waals surface area contributed by atoms with Gasteiger partial charge in [0.15, 0.2) is 22.3 Å². The molecule has 0 bridgehead atoms. The molecule has 2 heterocycles. The topological polar surface area (TPSA) is 146 Å². The highest BCUT2D eigenvalue weighted by atomic mass is 32.2. The standard InChI is InChI=1S/C20H25N7O5S/c1-11(2)23-17-13-10-22-26(18(13)25-20(24-17)33-5)7-6-21-19(28)12-8-15(31-3)16(32-4)9-14(12)27(29)30/h8-11H,6-7H2,1-5H3,(H,21,28)(H,23,24,25). The molecule has 13 heteroatoms. The number of nitro benzene ring substituents is 1. The van der Waals surface area contributed by atoms with Gasteiger partial charge in [0.05, 0.1) is 43.3 Å². The Labute approximate surface area is 194 Å². The number of ether oxygens (including phenoxy) is 2. The summed E-state index contributed by atoms with van der Waals surface area (Å²) in [4.78, 5) is 32.6. The molecule has 176 valence electrons. The van der Waals surface area contributed by atoms with Crippen LogP contribution >= 0.6 is 11.8 Å². The third kappa shape index (κ3) is 5.25. The van der Waals surface area contributed by atoms with E-state index >= 15 is 0 Å². The van der Waals surface area contributed by atoms with Crippen LogP contribution in [0.4, 0.5) is 11.5 Å². The number of thioether (sulfide) groups is 1. The number of aromatic nitrogens is 4. The number of nitrogens with one attached hydrogen (secondary N) is 2. The molecular weight excluding hydrogens is 450 g/mol. The Hall–Kier alpha value is -3.61. The van der Waals surface area contributed by atoms with Gasteiger partial charge in [0.25, 0.3) is 11.6 Å². The number of benzene rings is 1. The van der Waals surface area contributed by atoms with E-state index in [2.05, 4.69) is 25.7 Å². The van der Waals surface area contributed by atoms with Crippen LogP contribution in [-0.4, -0.2) is 63.6 Å². The van der Waals surface area contributed by atoms with Crippen LogP contribution in [-0.2, 0) is 6.54 Å². The molecule has 3 aromatic rings. The van der Waals surface area contributed by atoms with Gasteiger partial charge < -0.3 is 20.1 Å². The predicted molar refractivity (Wildman–Crippen MR) is 124 cm³/mol. The first-order chi connectivity index (χ1) is 15.8. The second kappa shape index (κ2) is 10.3. The summed E-state index contributed by atoms with van der Waals surface area (Å²) in [7, 11) is 2.76. The van der Waals surface area contributed by atoms with Crippen LogP contribution in [0.15, 0.2) is 23.5 Å². The maximum absolute atomic E-state index is 12.7. The first-order valence-electron chi connectivity index (χ1n) is 10.0. The summed E-state index contributed by atoms with van der Waals surface area (Å²) in [5, 5.41) is 23.2. The number of anilines is 1. The van der Waals surface area contributed by atoms with Gasteiger partial charge in [-0.15, -0.1) is 0 Å². The van der Waals surface area contributed by atoms with Crippen LogP contribution in [0.3, 0.4) is 0 Å². The Morgan fingerprint density at radius 2 is 1.94 bits per heavy atom. The highest BCUT2D eigenvalue weighted by molar-refractivity contribution is 7.98. The Balaban J connectivity index is 1.81. The van der Waals surface area contributed by atoms with E-state index in [0.717, 1.165) is 5.39 Å². The lowest BCUT2D eigenvalue weighted by Gasteiger charge is -2.12. The van der Waals surface area contributed by atoms with Gasteiger partial charge in [-0.1, -0.05) is 11.8 Å². The second-order valence-corrected chi connectivity index (χ2v) is 7.97. The van der Waals surface area contributed by atoms with Crippen molar-refractivity contribution in [1.29, 1.82) is 0 Å². The van der Waals surface area contributed by atoms with Gasteiger partial charge >= 0.3 is 0 Å². The van der Waals surface area contributed by atoms with Crippen LogP contribution in [0, 0.1) is 10.1 Å².